The Morgan fingerprint density at radius 1 is 1.67 bits per heavy atom. The van der Waals surface area contributed by atoms with Crippen LogP contribution in [-0.4, -0.2) is 43.0 Å². The van der Waals surface area contributed by atoms with Crippen molar-refractivity contribution in [1.82, 2.24) is 10.6 Å². The van der Waals surface area contributed by atoms with Crippen LogP contribution in [0.25, 0.3) is 0 Å². The quantitative estimate of drug-likeness (QED) is 0.589. The van der Waals surface area contributed by atoms with E-state index in [4.69, 9.17) is 4.74 Å². The van der Waals surface area contributed by atoms with E-state index in [2.05, 4.69) is 10.6 Å². The van der Waals surface area contributed by atoms with Gasteiger partial charge in [0.2, 0.25) is 0 Å². The molecule has 0 spiro atoms. The normalized spacial score (nSPS) is 26.0. The Balaban J connectivity index is 2.18. The predicted octanol–water partition coefficient (Wildman–Crippen LogP) is 0.235. The molecular weight excluding hydrogens is 196 g/mol. The summed E-state index contributed by atoms with van der Waals surface area (Å²) < 4.78 is 4.94. The second-order valence-corrected chi connectivity index (χ2v) is 3.80. The highest BCUT2D eigenvalue weighted by atomic mass is 16.5. The topological polar surface area (TPSA) is 70.6 Å². The zero-order valence-electron chi connectivity index (χ0n) is 9.16. The number of hydrogen-bond donors (Lipinski definition) is 3. The Morgan fingerprint density at radius 3 is 3.13 bits per heavy atom. The third kappa shape index (κ3) is 4.48. The van der Waals surface area contributed by atoms with E-state index in [1.807, 2.05) is 6.92 Å². The number of ether oxygens (including phenoxy) is 1. The second kappa shape index (κ2) is 6.63. The summed E-state index contributed by atoms with van der Waals surface area (Å²) in [5.41, 5.74) is 0. The first-order chi connectivity index (χ1) is 7.24. The van der Waals surface area contributed by atoms with Crippen LogP contribution in [0, 0.1) is 0 Å². The first-order valence-electron chi connectivity index (χ1n) is 5.56. The number of rotatable bonds is 4. The van der Waals surface area contributed by atoms with Crippen LogP contribution in [0.1, 0.15) is 26.2 Å². The van der Waals surface area contributed by atoms with Crippen LogP contribution >= 0.6 is 0 Å². The highest BCUT2D eigenvalue weighted by molar-refractivity contribution is 5.67. The van der Waals surface area contributed by atoms with Gasteiger partial charge in [0.25, 0.3) is 0 Å². The molecule has 0 saturated carbocycles. The Hall–Kier alpha value is -0.810. The first kappa shape index (κ1) is 12.3. The molecule has 1 aliphatic heterocycles. The minimum atomic E-state index is -0.468. The van der Waals surface area contributed by atoms with Crippen LogP contribution in [0.15, 0.2) is 0 Å². The lowest BCUT2D eigenvalue weighted by Crippen LogP contribution is -2.53. The highest BCUT2D eigenvalue weighted by Crippen LogP contribution is 2.03. The summed E-state index contributed by atoms with van der Waals surface area (Å²) in [5, 5.41) is 15.3. The van der Waals surface area contributed by atoms with Gasteiger partial charge >= 0.3 is 6.09 Å². The van der Waals surface area contributed by atoms with E-state index in [1.54, 1.807) is 0 Å². The van der Waals surface area contributed by atoms with E-state index in [0.29, 0.717) is 19.6 Å². The maximum atomic E-state index is 11.3. The Kier molecular flexibility index (Phi) is 5.42. The SMILES string of the molecule is CCCCOC(=O)N[C@@H]1CNCC[C@H]1O. The second-order valence-electron chi connectivity index (χ2n) is 3.80. The molecule has 1 fully saturated rings. The number of unbranched alkanes of at least 4 members (excludes halogenated alkanes) is 1. The summed E-state index contributed by atoms with van der Waals surface area (Å²) in [4.78, 5) is 11.3. The standard InChI is InChI=1S/C10H20N2O3/c1-2-3-6-15-10(14)12-8-7-11-5-4-9(8)13/h8-9,11,13H,2-7H2,1H3,(H,12,14)/t8-,9-/m1/s1. The molecule has 88 valence electrons. The summed E-state index contributed by atoms with van der Waals surface area (Å²) >= 11 is 0. The zero-order valence-corrected chi connectivity index (χ0v) is 9.16. The number of aliphatic hydroxyl groups is 1. The molecule has 1 amide bonds. The van der Waals surface area contributed by atoms with Gasteiger partial charge in [-0.1, -0.05) is 13.3 Å². The van der Waals surface area contributed by atoms with Crippen molar-refractivity contribution in [3.8, 4) is 0 Å². The fourth-order valence-corrected chi connectivity index (χ4v) is 1.49. The average Bonchev–Trinajstić information content (AvgIpc) is 2.22. The van der Waals surface area contributed by atoms with Gasteiger partial charge in [0, 0.05) is 6.54 Å². The summed E-state index contributed by atoms with van der Waals surface area (Å²) in [6.45, 7) is 3.88. The minimum Gasteiger partial charge on any atom is -0.450 e. The van der Waals surface area contributed by atoms with Crippen molar-refractivity contribution < 1.29 is 14.6 Å². The highest BCUT2D eigenvalue weighted by Gasteiger charge is 2.24. The van der Waals surface area contributed by atoms with Crippen molar-refractivity contribution in [2.75, 3.05) is 19.7 Å². The number of carbonyl (C=O) groups excluding carboxylic acids is 1. The van der Waals surface area contributed by atoms with E-state index in [-0.39, 0.29) is 6.04 Å². The Morgan fingerprint density at radius 2 is 2.47 bits per heavy atom. The number of amides is 1. The molecule has 1 aliphatic rings. The molecule has 0 unspecified atom stereocenters. The average molecular weight is 216 g/mol. The largest absolute Gasteiger partial charge is 0.450 e. The van der Waals surface area contributed by atoms with Crippen LogP contribution in [-0.2, 0) is 4.74 Å². The lowest BCUT2D eigenvalue weighted by Gasteiger charge is -2.28. The number of hydrogen-bond acceptors (Lipinski definition) is 4. The van der Waals surface area contributed by atoms with E-state index < -0.39 is 12.2 Å². The van der Waals surface area contributed by atoms with E-state index in [9.17, 15) is 9.90 Å². The number of aliphatic hydroxyl groups excluding tert-OH is 1. The van der Waals surface area contributed by atoms with Gasteiger partial charge in [0.05, 0.1) is 18.8 Å². The van der Waals surface area contributed by atoms with Crippen LogP contribution in [0.3, 0.4) is 0 Å². The van der Waals surface area contributed by atoms with Crippen molar-refractivity contribution in [2.24, 2.45) is 0 Å². The number of carbonyl (C=O) groups is 1. The monoisotopic (exact) mass is 216 g/mol. The molecular formula is C10H20N2O3. The fraction of sp³-hybridized carbons (Fsp3) is 0.900. The summed E-state index contributed by atoms with van der Waals surface area (Å²) in [5.74, 6) is 0. The van der Waals surface area contributed by atoms with Crippen molar-refractivity contribution in [2.45, 2.75) is 38.3 Å². The van der Waals surface area contributed by atoms with Gasteiger partial charge in [-0.3, -0.25) is 0 Å². The van der Waals surface area contributed by atoms with Gasteiger partial charge in [0.15, 0.2) is 0 Å². The Labute approximate surface area is 90.2 Å². The first-order valence-corrected chi connectivity index (χ1v) is 5.56. The summed E-state index contributed by atoms with van der Waals surface area (Å²) in [6.07, 6.45) is 1.64. The third-order valence-electron chi connectivity index (χ3n) is 2.48. The molecule has 1 saturated heterocycles. The van der Waals surface area contributed by atoms with Gasteiger partial charge in [-0.05, 0) is 19.4 Å². The molecule has 1 rings (SSSR count). The van der Waals surface area contributed by atoms with Gasteiger partial charge in [-0.25, -0.2) is 4.79 Å². The smallest absolute Gasteiger partial charge is 0.407 e. The zero-order chi connectivity index (χ0) is 11.1. The van der Waals surface area contributed by atoms with Gasteiger partial charge in [0.1, 0.15) is 0 Å². The van der Waals surface area contributed by atoms with Crippen LogP contribution in [0.4, 0.5) is 4.79 Å². The lowest BCUT2D eigenvalue weighted by atomic mass is 10.0. The molecule has 5 nitrogen and oxygen atoms in total. The van der Waals surface area contributed by atoms with E-state index in [1.165, 1.54) is 0 Å². The van der Waals surface area contributed by atoms with Gasteiger partial charge < -0.3 is 20.5 Å². The van der Waals surface area contributed by atoms with Crippen molar-refractivity contribution in [3.63, 3.8) is 0 Å². The van der Waals surface area contributed by atoms with Crippen LogP contribution in [0.5, 0.6) is 0 Å². The predicted molar refractivity (Wildman–Crippen MR) is 56.7 cm³/mol. The summed E-state index contributed by atoms with van der Waals surface area (Å²) in [6, 6.07) is -0.229. The molecule has 2 atom stereocenters. The Bertz CT molecular complexity index is 199. The van der Waals surface area contributed by atoms with E-state index in [0.717, 1.165) is 19.4 Å². The van der Waals surface area contributed by atoms with Crippen molar-refractivity contribution in [1.29, 1.82) is 0 Å². The minimum absolute atomic E-state index is 0.229. The van der Waals surface area contributed by atoms with Gasteiger partial charge in [-0.2, -0.15) is 0 Å². The van der Waals surface area contributed by atoms with Crippen LogP contribution < -0.4 is 10.6 Å². The number of piperidine rings is 1. The molecule has 5 heteroatoms. The third-order valence-corrected chi connectivity index (χ3v) is 2.48. The maximum absolute atomic E-state index is 11.3. The molecule has 0 radical (unpaired) electrons. The van der Waals surface area contributed by atoms with Crippen molar-refractivity contribution >= 4 is 6.09 Å². The number of nitrogens with one attached hydrogen (secondary N) is 2. The lowest BCUT2D eigenvalue weighted by molar-refractivity contribution is 0.0859. The molecule has 0 aliphatic carbocycles. The number of alkyl carbamates (subject to hydrolysis) is 1. The van der Waals surface area contributed by atoms with Crippen LogP contribution in [0.2, 0.25) is 0 Å². The molecule has 0 bridgehead atoms. The summed E-state index contributed by atoms with van der Waals surface area (Å²) in [7, 11) is 0. The van der Waals surface area contributed by atoms with Crippen molar-refractivity contribution in [3.05, 3.63) is 0 Å². The molecule has 1 heterocycles. The van der Waals surface area contributed by atoms with Gasteiger partial charge in [-0.15, -0.1) is 0 Å². The fourth-order valence-electron chi connectivity index (χ4n) is 1.49. The molecule has 3 N–H and O–H groups in total. The molecule has 0 aromatic heterocycles. The molecule has 0 aromatic rings. The molecule has 15 heavy (non-hydrogen) atoms. The van der Waals surface area contributed by atoms with E-state index >= 15 is 0 Å². The molecule has 0 aromatic carbocycles. The maximum Gasteiger partial charge on any atom is 0.407 e.